The van der Waals surface area contributed by atoms with Crippen molar-refractivity contribution in [1.29, 1.82) is 0 Å². The van der Waals surface area contributed by atoms with Crippen LogP contribution in [0.15, 0.2) is 4.99 Å². The Kier molecular flexibility index (Phi) is 4.66. The summed E-state index contributed by atoms with van der Waals surface area (Å²) in [6.45, 7) is 3.97. The Hall–Kier alpha value is -0.770. The maximum absolute atomic E-state index is 5.97. The van der Waals surface area contributed by atoms with Gasteiger partial charge in [0.05, 0.1) is 6.04 Å². The normalized spacial score (nSPS) is 26.1. The SMILES string of the molecule is CC(NC(N)=NC1CCCC1)C1CCOCC1. The zero-order chi connectivity index (χ0) is 12.1. The maximum Gasteiger partial charge on any atom is 0.189 e. The zero-order valence-electron chi connectivity index (χ0n) is 10.8. The molecule has 4 nitrogen and oxygen atoms in total. The summed E-state index contributed by atoms with van der Waals surface area (Å²) < 4.78 is 5.37. The van der Waals surface area contributed by atoms with Gasteiger partial charge in [-0.3, -0.25) is 4.99 Å². The van der Waals surface area contributed by atoms with Crippen molar-refractivity contribution < 1.29 is 4.74 Å². The lowest BCUT2D eigenvalue weighted by Gasteiger charge is -2.28. The van der Waals surface area contributed by atoms with Gasteiger partial charge in [-0.15, -0.1) is 0 Å². The molecule has 0 aromatic rings. The fourth-order valence-corrected chi connectivity index (χ4v) is 2.83. The number of nitrogens with one attached hydrogen (secondary N) is 1. The second-order valence-electron chi connectivity index (χ2n) is 5.34. The fourth-order valence-electron chi connectivity index (χ4n) is 2.83. The molecule has 17 heavy (non-hydrogen) atoms. The van der Waals surface area contributed by atoms with E-state index < -0.39 is 0 Å². The highest BCUT2D eigenvalue weighted by molar-refractivity contribution is 5.78. The Balaban J connectivity index is 1.77. The highest BCUT2D eigenvalue weighted by Gasteiger charge is 2.21. The largest absolute Gasteiger partial charge is 0.381 e. The van der Waals surface area contributed by atoms with Crippen LogP contribution >= 0.6 is 0 Å². The van der Waals surface area contributed by atoms with Gasteiger partial charge in [-0.2, -0.15) is 0 Å². The van der Waals surface area contributed by atoms with E-state index in [0.717, 1.165) is 26.1 Å². The predicted octanol–water partition coefficient (Wildman–Crippen LogP) is 1.65. The van der Waals surface area contributed by atoms with E-state index in [9.17, 15) is 0 Å². The number of rotatable bonds is 3. The first-order valence-electron chi connectivity index (χ1n) is 6.93. The molecule has 0 bridgehead atoms. The van der Waals surface area contributed by atoms with Gasteiger partial charge in [-0.1, -0.05) is 12.8 Å². The summed E-state index contributed by atoms with van der Waals surface area (Å²) >= 11 is 0. The van der Waals surface area contributed by atoms with Crippen LogP contribution in [0.1, 0.15) is 45.4 Å². The molecule has 2 rings (SSSR count). The van der Waals surface area contributed by atoms with E-state index in [1.807, 2.05) is 0 Å². The highest BCUT2D eigenvalue weighted by atomic mass is 16.5. The molecule has 1 saturated carbocycles. The van der Waals surface area contributed by atoms with E-state index in [0.29, 0.717) is 24.0 Å². The monoisotopic (exact) mass is 239 g/mol. The molecule has 1 atom stereocenters. The molecule has 4 heteroatoms. The van der Waals surface area contributed by atoms with Gasteiger partial charge in [0, 0.05) is 19.3 Å². The molecule has 0 aromatic heterocycles. The van der Waals surface area contributed by atoms with E-state index in [2.05, 4.69) is 17.2 Å². The van der Waals surface area contributed by atoms with Crippen LogP contribution in [0.25, 0.3) is 0 Å². The molecule has 0 radical (unpaired) electrons. The summed E-state index contributed by atoms with van der Waals surface area (Å²) in [6.07, 6.45) is 7.27. The number of guanidine groups is 1. The number of hydrogen-bond donors (Lipinski definition) is 2. The van der Waals surface area contributed by atoms with Gasteiger partial charge in [-0.05, 0) is 38.5 Å². The Morgan fingerprint density at radius 1 is 1.24 bits per heavy atom. The third kappa shape index (κ3) is 3.87. The van der Waals surface area contributed by atoms with Gasteiger partial charge in [-0.25, -0.2) is 0 Å². The van der Waals surface area contributed by atoms with Gasteiger partial charge >= 0.3 is 0 Å². The lowest BCUT2D eigenvalue weighted by Crippen LogP contribution is -2.44. The lowest BCUT2D eigenvalue weighted by molar-refractivity contribution is 0.0581. The van der Waals surface area contributed by atoms with Gasteiger partial charge < -0.3 is 15.8 Å². The molecule has 1 unspecified atom stereocenters. The van der Waals surface area contributed by atoms with Crippen LogP contribution in [0, 0.1) is 5.92 Å². The number of nitrogens with zero attached hydrogens (tertiary/aromatic N) is 1. The molecule has 2 aliphatic rings. The third-order valence-electron chi connectivity index (χ3n) is 3.99. The molecule has 0 spiro atoms. The van der Waals surface area contributed by atoms with Crippen LogP contribution in [0.2, 0.25) is 0 Å². The van der Waals surface area contributed by atoms with Crippen molar-refractivity contribution in [1.82, 2.24) is 5.32 Å². The number of hydrogen-bond acceptors (Lipinski definition) is 2. The number of aliphatic imine (C=N–C) groups is 1. The predicted molar refractivity (Wildman–Crippen MR) is 70.0 cm³/mol. The summed E-state index contributed by atoms with van der Waals surface area (Å²) in [5.74, 6) is 1.30. The molecular weight excluding hydrogens is 214 g/mol. The fraction of sp³-hybridized carbons (Fsp3) is 0.923. The van der Waals surface area contributed by atoms with Crippen LogP contribution in [0.3, 0.4) is 0 Å². The van der Waals surface area contributed by atoms with E-state index >= 15 is 0 Å². The van der Waals surface area contributed by atoms with Gasteiger partial charge in [0.25, 0.3) is 0 Å². The van der Waals surface area contributed by atoms with Crippen LogP contribution in [-0.2, 0) is 4.74 Å². The van der Waals surface area contributed by atoms with E-state index in [4.69, 9.17) is 10.5 Å². The van der Waals surface area contributed by atoms with Crippen molar-refractivity contribution in [2.24, 2.45) is 16.6 Å². The first kappa shape index (κ1) is 12.7. The Labute approximate surface area is 104 Å². The molecule has 1 aliphatic carbocycles. The highest BCUT2D eigenvalue weighted by Crippen LogP contribution is 2.21. The second-order valence-corrected chi connectivity index (χ2v) is 5.34. The molecule has 1 aliphatic heterocycles. The summed E-state index contributed by atoms with van der Waals surface area (Å²) in [5.41, 5.74) is 5.97. The van der Waals surface area contributed by atoms with Crippen molar-refractivity contribution >= 4 is 5.96 Å². The zero-order valence-corrected chi connectivity index (χ0v) is 10.8. The summed E-state index contributed by atoms with van der Waals surface area (Å²) in [7, 11) is 0. The number of ether oxygens (including phenoxy) is 1. The standard InChI is InChI=1S/C13H25N3O/c1-10(11-6-8-17-9-7-11)15-13(14)16-12-4-2-3-5-12/h10-12H,2-9H2,1H3,(H3,14,15,16). The topological polar surface area (TPSA) is 59.6 Å². The molecule has 0 aromatic carbocycles. The van der Waals surface area contributed by atoms with Gasteiger partial charge in [0.1, 0.15) is 0 Å². The molecular formula is C13H25N3O. The first-order chi connectivity index (χ1) is 8.25. The quantitative estimate of drug-likeness (QED) is 0.581. The van der Waals surface area contributed by atoms with Crippen molar-refractivity contribution in [3.05, 3.63) is 0 Å². The van der Waals surface area contributed by atoms with Crippen LogP contribution < -0.4 is 11.1 Å². The molecule has 98 valence electrons. The van der Waals surface area contributed by atoms with Crippen molar-refractivity contribution in [2.75, 3.05) is 13.2 Å². The lowest BCUT2D eigenvalue weighted by atomic mass is 9.93. The van der Waals surface area contributed by atoms with Gasteiger partial charge in [0.2, 0.25) is 0 Å². The molecule has 1 heterocycles. The third-order valence-corrected chi connectivity index (χ3v) is 3.99. The van der Waals surface area contributed by atoms with Crippen LogP contribution in [-0.4, -0.2) is 31.3 Å². The summed E-state index contributed by atoms with van der Waals surface area (Å²) in [6, 6.07) is 0.869. The summed E-state index contributed by atoms with van der Waals surface area (Å²) in [4.78, 5) is 4.56. The molecule has 2 fully saturated rings. The van der Waals surface area contributed by atoms with Crippen molar-refractivity contribution in [3.8, 4) is 0 Å². The Morgan fingerprint density at radius 3 is 2.53 bits per heavy atom. The van der Waals surface area contributed by atoms with Crippen LogP contribution in [0.5, 0.6) is 0 Å². The van der Waals surface area contributed by atoms with E-state index in [-0.39, 0.29) is 0 Å². The average molecular weight is 239 g/mol. The van der Waals surface area contributed by atoms with E-state index in [1.54, 1.807) is 0 Å². The molecule has 0 amide bonds. The minimum Gasteiger partial charge on any atom is -0.381 e. The van der Waals surface area contributed by atoms with Gasteiger partial charge in [0.15, 0.2) is 5.96 Å². The number of nitrogens with two attached hydrogens (primary N) is 1. The van der Waals surface area contributed by atoms with Crippen LogP contribution in [0.4, 0.5) is 0 Å². The smallest absolute Gasteiger partial charge is 0.189 e. The minimum atomic E-state index is 0.407. The average Bonchev–Trinajstić information content (AvgIpc) is 2.82. The molecule has 1 saturated heterocycles. The second kappa shape index (κ2) is 6.24. The maximum atomic E-state index is 5.97. The van der Waals surface area contributed by atoms with Crippen molar-refractivity contribution in [3.63, 3.8) is 0 Å². The summed E-state index contributed by atoms with van der Waals surface area (Å²) in [5, 5.41) is 3.35. The van der Waals surface area contributed by atoms with E-state index in [1.165, 1.54) is 25.7 Å². The Bertz CT molecular complexity index is 255. The van der Waals surface area contributed by atoms with Crippen molar-refractivity contribution in [2.45, 2.75) is 57.5 Å². The minimum absolute atomic E-state index is 0.407. The Morgan fingerprint density at radius 2 is 1.88 bits per heavy atom. The first-order valence-corrected chi connectivity index (χ1v) is 6.93. The molecule has 3 N–H and O–H groups in total.